The van der Waals surface area contributed by atoms with Crippen molar-refractivity contribution in [2.75, 3.05) is 13.1 Å². The number of nitrogens with zero attached hydrogens (tertiary/aromatic N) is 4. The predicted octanol–water partition coefficient (Wildman–Crippen LogP) is 3.27. The number of H-pyrrole nitrogens is 1. The third-order valence-electron chi connectivity index (χ3n) is 5.67. The summed E-state index contributed by atoms with van der Waals surface area (Å²) in [6.45, 7) is 1.47. The molecule has 1 saturated carbocycles. The lowest BCUT2D eigenvalue weighted by Crippen LogP contribution is -2.39. The van der Waals surface area contributed by atoms with E-state index in [1.54, 1.807) is 0 Å². The van der Waals surface area contributed by atoms with Gasteiger partial charge in [-0.15, -0.1) is 10.2 Å². The van der Waals surface area contributed by atoms with Gasteiger partial charge in [0.2, 0.25) is 0 Å². The molecule has 0 bridgehead atoms. The van der Waals surface area contributed by atoms with Crippen LogP contribution in [-0.2, 0) is 0 Å². The van der Waals surface area contributed by atoms with Crippen LogP contribution in [0.15, 0.2) is 24.3 Å². The summed E-state index contributed by atoms with van der Waals surface area (Å²) in [4.78, 5) is 14.8. The molecular formula is C19H25N5O. The molecule has 2 heterocycles. The monoisotopic (exact) mass is 339 g/mol. The van der Waals surface area contributed by atoms with E-state index in [0.29, 0.717) is 18.3 Å². The first-order chi connectivity index (χ1) is 12.3. The van der Waals surface area contributed by atoms with Crippen molar-refractivity contribution in [2.24, 2.45) is 0 Å². The van der Waals surface area contributed by atoms with Gasteiger partial charge in [-0.25, -0.2) is 0 Å². The first-order valence-electron chi connectivity index (χ1n) is 9.44. The lowest BCUT2D eigenvalue weighted by molar-refractivity contribution is 0.0704. The summed E-state index contributed by atoms with van der Waals surface area (Å²) in [5.74, 6) is 1.68. The van der Waals surface area contributed by atoms with E-state index < -0.39 is 0 Å². The molecule has 1 aromatic heterocycles. The average Bonchev–Trinajstić information content (AvgIpc) is 3.23. The van der Waals surface area contributed by atoms with Crippen LogP contribution in [0.4, 0.5) is 0 Å². The summed E-state index contributed by atoms with van der Waals surface area (Å²) >= 11 is 0. The molecule has 1 aromatic carbocycles. The minimum atomic E-state index is 0.114. The van der Waals surface area contributed by atoms with Gasteiger partial charge in [-0.1, -0.05) is 36.6 Å². The maximum Gasteiger partial charge on any atom is 0.253 e. The van der Waals surface area contributed by atoms with Gasteiger partial charge in [0.15, 0.2) is 5.82 Å². The molecule has 1 aliphatic carbocycles. The first kappa shape index (κ1) is 16.2. The molecule has 0 spiro atoms. The number of carbonyl (C=O) groups is 1. The Hall–Kier alpha value is -2.24. The van der Waals surface area contributed by atoms with E-state index in [0.717, 1.165) is 24.9 Å². The number of aromatic amines is 1. The molecule has 0 radical (unpaired) electrons. The molecule has 2 aliphatic rings. The van der Waals surface area contributed by atoms with Crippen LogP contribution >= 0.6 is 0 Å². The van der Waals surface area contributed by atoms with Gasteiger partial charge in [-0.05, 0) is 49.3 Å². The molecule has 1 amide bonds. The Bertz CT molecular complexity index is 691. The highest BCUT2D eigenvalue weighted by atomic mass is 16.2. The largest absolute Gasteiger partial charge is 0.338 e. The lowest BCUT2D eigenvalue weighted by atomic mass is 9.84. The van der Waals surface area contributed by atoms with Crippen molar-refractivity contribution < 1.29 is 4.79 Å². The number of hydrogen-bond acceptors (Lipinski definition) is 4. The summed E-state index contributed by atoms with van der Waals surface area (Å²) in [7, 11) is 0. The van der Waals surface area contributed by atoms with Gasteiger partial charge < -0.3 is 4.90 Å². The van der Waals surface area contributed by atoms with Gasteiger partial charge in [-0.3, -0.25) is 4.79 Å². The molecule has 132 valence electrons. The Kier molecular flexibility index (Phi) is 4.76. The van der Waals surface area contributed by atoms with Crippen LogP contribution < -0.4 is 0 Å². The highest BCUT2D eigenvalue weighted by Crippen LogP contribution is 2.33. The lowest BCUT2D eigenvalue weighted by Gasteiger charge is -2.31. The van der Waals surface area contributed by atoms with Crippen LogP contribution in [0, 0.1) is 0 Å². The highest BCUT2D eigenvalue weighted by Gasteiger charge is 2.28. The van der Waals surface area contributed by atoms with E-state index >= 15 is 0 Å². The summed E-state index contributed by atoms with van der Waals surface area (Å²) in [6, 6.07) is 8.32. The second-order valence-electron chi connectivity index (χ2n) is 7.32. The molecule has 1 N–H and O–H groups in total. The molecule has 2 fully saturated rings. The first-order valence-corrected chi connectivity index (χ1v) is 9.44. The van der Waals surface area contributed by atoms with Crippen LogP contribution in [0.2, 0.25) is 0 Å². The van der Waals surface area contributed by atoms with E-state index in [9.17, 15) is 4.79 Å². The maximum absolute atomic E-state index is 12.9. The van der Waals surface area contributed by atoms with Gasteiger partial charge in [0.05, 0.1) is 0 Å². The number of tetrazole rings is 1. The Morgan fingerprint density at radius 3 is 2.48 bits per heavy atom. The Morgan fingerprint density at radius 2 is 1.76 bits per heavy atom. The Balaban J connectivity index is 1.43. The van der Waals surface area contributed by atoms with Crippen LogP contribution in [0.3, 0.4) is 0 Å². The molecule has 2 aromatic rings. The number of aromatic nitrogens is 4. The van der Waals surface area contributed by atoms with Gasteiger partial charge >= 0.3 is 0 Å². The van der Waals surface area contributed by atoms with Crippen molar-refractivity contribution in [3.8, 4) is 0 Å². The second kappa shape index (κ2) is 7.33. The normalized spacial score (nSPS) is 22.1. The van der Waals surface area contributed by atoms with Crippen molar-refractivity contribution in [1.29, 1.82) is 0 Å². The van der Waals surface area contributed by atoms with E-state index in [2.05, 4.69) is 32.8 Å². The zero-order valence-electron chi connectivity index (χ0n) is 14.5. The number of amides is 1. The van der Waals surface area contributed by atoms with Crippen LogP contribution in [0.1, 0.15) is 78.5 Å². The molecule has 1 aliphatic heterocycles. The molecule has 6 nitrogen and oxygen atoms in total. The van der Waals surface area contributed by atoms with E-state index in [-0.39, 0.29) is 11.8 Å². The minimum Gasteiger partial charge on any atom is -0.338 e. The number of piperidine rings is 1. The summed E-state index contributed by atoms with van der Waals surface area (Å²) in [6.07, 6.45) is 8.57. The van der Waals surface area contributed by atoms with Crippen LogP contribution in [-0.4, -0.2) is 44.5 Å². The fourth-order valence-corrected chi connectivity index (χ4v) is 4.23. The summed E-state index contributed by atoms with van der Waals surface area (Å²) in [5.41, 5.74) is 2.17. The maximum atomic E-state index is 12.9. The Labute approximate surface area is 148 Å². The predicted molar refractivity (Wildman–Crippen MR) is 94.3 cm³/mol. The van der Waals surface area contributed by atoms with Crippen molar-refractivity contribution in [3.63, 3.8) is 0 Å². The Morgan fingerprint density at radius 1 is 1.00 bits per heavy atom. The zero-order valence-corrected chi connectivity index (χ0v) is 14.5. The van der Waals surface area contributed by atoms with Crippen LogP contribution in [0.25, 0.3) is 0 Å². The van der Waals surface area contributed by atoms with Crippen molar-refractivity contribution >= 4 is 5.91 Å². The summed E-state index contributed by atoms with van der Waals surface area (Å²) in [5, 5.41) is 14.3. The number of carbonyl (C=O) groups excluding carboxylic acids is 1. The zero-order chi connectivity index (χ0) is 17.1. The number of nitrogens with one attached hydrogen (secondary N) is 1. The van der Waals surface area contributed by atoms with E-state index in [4.69, 9.17) is 0 Å². The van der Waals surface area contributed by atoms with E-state index in [1.165, 1.54) is 37.7 Å². The summed E-state index contributed by atoms with van der Waals surface area (Å²) < 4.78 is 0. The number of rotatable bonds is 3. The number of benzene rings is 1. The molecule has 1 saturated heterocycles. The molecule has 25 heavy (non-hydrogen) atoms. The molecule has 1 atom stereocenters. The molecule has 0 unspecified atom stereocenters. The fourth-order valence-electron chi connectivity index (χ4n) is 4.23. The smallest absolute Gasteiger partial charge is 0.253 e. The molecule has 6 heteroatoms. The van der Waals surface area contributed by atoms with Gasteiger partial charge in [0.25, 0.3) is 5.91 Å². The van der Waals surface area contributed by atoms with Gasteiger partial charge in [0, 0.05) is 24.6 Å². The van der Waals surface area contributed by atoms with Crippen molar-refractivity contribution in [2.45, 2.75) is 56.8 Å². The van der Waals surface area contributed by atoms with Crippen molar-refractivity contribution in [3.05, 3.63) is 41.2 Å². The number of likely N-dealkylation sites (tertiary alicyclic amines) is 1. The molecule has 4 rings (SSSR count). The topological polar surface area (TPSA) is 74.8 Å². The SMILES string of the molecule is O=C(c1ccc(C2CCCCC2)cc1)N1CCC[C@@H](c2nn[nH]n2)C1. The quantitative estimate of drug-likeness (QED) is 0.931. The van der Waals surface area contributed by atoms with Crippen molar-refractivity contribution in [1.82, 2.24) is 25.5 Å². The molecular weight excluding hydrogens is 314 g/mol. The van der Waals surface area contributed by atoms with E-state index in [1.807, 2.05) is 17.0 Å². The second-order valence-corrected chi connectivity index (χ2v) is 7.32. The standard InChI is InChI=1S/C19H25N5O/c25-19(24-12-4-7-17(13-24)18-20-22-23-21-18)16-10-8-15(9-11-16)14-5-2-1-3-6-14/h8-11,14,17H,1-7,12-13H2,(H,20,21,22,23)/t17-/m1/s1. The van der Waals surface area contributed by atoms with Gasteiger partial charge in [-0.2, -0.15) is 5.21 Å². The third kappa shape index (κ3) is 3.57. The third-order valence-corrected chi connectivity index (χ3v) is 5.67. The number of hydrogen-bond donors (Lipinski definition) is 1. The minimum absolute atomic E-state index is 0.114. The average molecular weight is 339 g/mol. The fraction of sp³-hybridized carbons (Fsp3) is 0.579. The highest BCUT2D eigenvalue weighted by molar-refractivity contribution is 5.94. The van der Waals surface area contributed by atoms with Crippen LogP contribution in [0.5, 0.6) is 0 Å². The van der Waals surface area contributed by atoms with Gasteiger partial charge in [0.1, 0.15) is 0 Å².